The maximum absolute atomic E-state index is 5.52. The van der Waals surface area contributed by atoms with Gasteiger partial charge in [-0.3, -0.25) is 0 Å². The number of pyridine rings is 1. The van der Waals surface area contributed by atoms with Crippen LogP contribution in [0.25, 0.3) is 0 Å². The topological polar surface area (TPSA) is 49.8 Å². The minimum Gasteiger partial charge on any atom is -0.475 e. The summed E-state index contributed by atoms with van der Waals surface area (Å²) in [7, 11) is 1.65. The van der Waals surface area contributed by atoms with Crippen molar-refractivity contribution >= 4 is 15.9 Å². The second-order valence-corrected chi connectivity index (χ2v) is 4.76. The quantitative estimate of drug-likeness (QED) is 0.614. The average Bonchev–Trinajstić information content (AvgIpc) is 2.39. The van der Waals surface area contributed by atoms with Gasteiger partial charge in [-0.15, -0.1) is 0 Å². The smallest absolute Gasteiger partial charge is 0.216 e. The molecule has 0 aliphatic rings. The Morgan fingerprint density at radius 3 is 2.32 bits per heavy atom. The van der Waals surface area contributed by atoms with Crippen LogP contribution in [0.15, 0.2) is 16.7 Å². The summed E-state index contributed by atoms with van der Waals surface area (Å²) in [5.74, 6) is 0.642. The maximum atomic E-state index is 5.52. The predicted octanol–water partition coefficient (Wildman–Crippen LogP) is 2.21. The Labute approximate surface area is 122 Å². The number of halogens is 1. The number of rotatable bonds is 10. The summed E-state index contributed by atoms with van der Waals surface area (Å²) >= 11 is 3.36. The first kappa shape index (κ1) is 16.4. The van der Waals surface area contributed by atoms with Gasteiger partial charge in [-0.1, -0.05) is 0 Å². The highest BCUT2D eigenvalue weighted by Crippen LogP contribution is 2.18. The van der Waals surface area contributed by atoms with Crippen molar-refractivity contribution in [1.29, 1.82) is 0 Å². The fraction of sp³-hybridized carbons (Fsp3) is 0.615. The first-order valence-corrected chi connectivity index (χ1v) is 6.92. The van der Waals surface area contributed by atoms with E-state index in [0.717, 1.165) is 10.0 Å². The van der Waals surface area contributed by atoms with Gasteiger partial charge in [-0.05, 0) is 28.9 Å². The zero-order valence-corrected chi connectivity index (χ0v) is 12.9. The molecule has 0 aliphatic heterocycles. The predicted molar refractivity (Wildman–Crippen MR) is 75.7 cm³/mol. The number of ether oxygens (including phenoxy) is 4. The third kappa shape index (κ3) is 7.47. The van der Waals surface area contributed by atoms with Crippen molar-refractivity contribution in [1.82, 2.24) is 4.98 Å². The van der Waals surface area contributed by atoms with E-state index in [1.165, 1.54) is 0 Å². The highest BCUT2D eigenvalue weighted by Gasteiger charge is 2.01. The molecule has 1 aromatic heterocycles. The molecule has 0 atom stereocenters. The molecule has 1 rings (SSSR count). The summed E-state index contributed by atoms with van der Waals surface area (Å²) in [6.45, 7) is 5.28. The number of nitrogens with zero attached hydrogens (tertiary/aromatic N) is 1. The van der Waals surface area contributed by atoms with E-state index in [-0.39, 0.29) is 0 Å². The van der Waals surface area contributed by atoms with Crippen molar-refractivity contribution in [2.24, 2.45) is 0 Å². The summed E-state index contributed by atoms with van der Waals surface area (Å²) in [5.41, 5.74) is 0.997. The Morgan fingerprint density at radius 1 is 1.05 bits per heavy atom. The Hall–Kier alpha value is -0.690. The van der Waals surface area contributed by atoms with Gasteiger partial charge in [0.15, 0.2) is 0 Å². The van der Waals surface area contributed by atoms with Crippen molar-refractivity contribution in [2.75, 3.05) is 46.8 Å². The number of aromatic nitrogens is 1. The molecule has 108 valence electrons. The van der Waals surface area contributed by atoms with Crippen LogP contribution in [0.2, 0.25) is 0 Å². The molecule has 0 aromatic carbocycles. The summed E-state index contributed by atoms with van der Waals surface area (Å²) in [5, 5.41) is 0. The van der Waals surface area contributed by atoms with E-state index in [1.807, 2.05) is 13.0 Å². The van der Waals surface area contributed by atoms with Crippen LogP contribution in [0.5, 0.6) is 5.88 Å². The molecular weight excluding hydrogens is 314 g/mol. The minimum absolute atomic E-state index is 0.480. The van der Waals surface area contributed by atoms with Gasteiger partial charge in [-0.2, -0.15) is 0 Å². The van der Waals surface area contributed by atoms with Crippen molar-refractivity contribution in [2.45, 2.75) is 6.92 Å². The van der Waals surface area contributed by atoms with Gasteiger partial charge in [0.1, 0.15) is 6.61 Å². The van der Waals surface area contributed by atoms with E-state index in [2.05, 4.69) is 20.9 Å². The number of methoxy groups -OCH3 is 1. The van der Waals surface area contributed by atoms with E-state index >= 15 is 0 Å². The molecule has 0 N–H and O–H groups in total. The molecule has 0 fully saturated rings. The van der Waals surface area contributed by atoms with Gasteiger partial charge >= 0.3 is 0 Å². The Morgan fingerprint density at radius 2 is 1.68 bits per heavy atom. The summed E-state index contributed by atoms with van der Waals surface area (Å²) < 4.78 is 22.0. The van der Waals surface area contributed by atoms with E-state index < -0.39 is 0 Å². The Kier molecular flexibility index (Phi) is 8.73. The molecule has 1 aromatic rings. The fourth-order valence-electron chi connectivity index (χ4n) is 1.34. The summed E-state index contributed by atoms with van der Waals surface area (Å²) in [4.78, 5) is 4.18. The highest BCUT2D eigenvalue weighted by atomic mass is 79.9. The van der Waals surface area contributed by atoms with Crippen LogP contribution in [-0.2, 0) is 14.2 Å². The molecule has 0 aliphatic carbocycles. The second kappa shape index (κ2) is 10.1. The molecule has 19 heavy (non-hydrogen) atoms. The Bertz CT molecular complexity index is 362. The molecule has 1 heterocycles. The Balaban J connectivity index is 2.01. The molecule has 5 nitrogen and oxygen atoms in total. The SMILES string of the molecule is COCCOCCOCCOc1ncc(Br)cc1C. The van der Waals surface area contributed by atoms with E-state index in [1.54, 1.807) is 13.3 Å². The van der Waals surface area contributed by atoms with Crippen LogP contribution >= 0.6 is 15.9 Å². The van der Waals surface area contributed by atoms with Crippen LogP contribution in [-0.4, -0.2) is 51.7 Å². The van der Waals surface area contributed by atoms with Crippen molar-refractivity contribution in [3.05, 3.63) is 22.3 Å². The molecule has 0 spiro atoms. The van der Waals surface area contributed by atoms with Gasteiger partial charge in [0.2, 0.25) is 5.88 Å². The number of hydrogen-bond donors (Lipinski definition) is 0. The lowest BCUT2D eigenvalue weighted by Crippen LogP contribution is -2.13. The lowest BCUT2D eigenvalue weighted by molar-refractivity contribution is 0.0176. The largest absolute Gasteiger partial charge is 0.475 e. The molecule has 0 bridgehead atoms. The molecule has 0 radical (unpaired) electrons. The van der Waals surface area contributed by atoms with Gasteiger partial charge in [0, 0.05) is 23.3 Å². The van der Waals surface area contributed by atoms with Crippen LogP contribution in [0.1, 0.15) is 5.56 Å². The molecular formula is C13H20BrNO4. The van der Waals surface area contributed by atoms with Gasteiger partial charge in [0.25, 0.3) is 0 Å². The lowest BCUT2D eigenvalue weighted by Gasteiger charge is -2.09. The van der Waals surface area contributed by atoms with Crippen LogP contribution in [0, 0.1) is 6.92 Å². The van der Waals surface area contributed by atoms with Gasteiger partial charge in [-0.25, -0.2) is 4.98 Å². The van der Waals surface area contributed by atoms with Gasteiger partial charge < -0.3 is 18.9 Å². The zero-order chi connectivity index (χ0) is 13.9. The molecule has 0 unspecified atom stereocenters. The first-order valence-electron chi connectivity index (χ1n) is 6.13. The first-order chi connectivity index (χ1) is 9.24. The normalized spacial score (nSPS) is 10.7. The monoisotopic (exact) mass is 333 g/mol. The van der Waals surface area contributed by atoms with Crippen LogP contribution < -0.4 is 4.74 Å². The lowest BCUT2D eigenvalue weighted by atomic mass is 10.3. The number of aryl methyl sites for hydroxylation is 1. The highest BCUT2D eigenvalue weighted by molar-refractivity contribution is 9.10. The summed E-state index contributed by atoms with van der Waals surface area (Å²) in [6, 6.07) is 1.97. The van der Waals surface area contributed by atoms with Crippen molar-refractivity contribution in [3.8, 4) is 5.88 Å². The fourth-order valence-corrected chi connectivity index (χ4v) is 1.79. The third-order valence-corrected chi connectivity index (χ3v) is 2.70. The van der Waals surface area contributed by atoms with Crippen molar-refractivity contribution in [3.63, 3.8) is 0 Å². The maximum Gasteiger partial charge on any atom is 0.216 e. The third-order valence-electron chi connectivity index (χ3n) is 2.27. The van der Waals surface area contributed by atoms with E-state index in [0.29, 0.717) is 45.5 Å². The minimum atomic E-state index is 0.480. The average molecular weight is 334 g/mol. The van der Waals surface area contributed by atoms with Crippen LogP contribution in [0.3, 0.4) is 0 Å². The van der Waals surface area contributed by atoms with Crippen molar-refractivity contribution < 1.29 is 18.9 Å². The van der Waals surface area contributed by atoms with Crippen LogP contribution in [0.4, 0.5) is 0 Å². The zero-order valence-electron chi connectivity index (χ0n) is 11.4. The molecule has 0 saturated heterocycles. The van der Waals surface area contributed by atoms with Gasteiger partial charge in [0.05, 0.1) is 33.0 Å². The molecule has 6 heteroatoms. The number of hydrogen-bond acceptors (Lipinski definition) is 5. The molecule has 0 saturated carbocycles. The summed E-state index contributed by atoms with van der Waals surface area (Å²) in [6.07, 6.45) is 1.72. The molecule has 0 amide bonds. The van der Waals surface area contributed by atoms with E-state index in [4.69, 9.17) is 18.9 Å². The standard InChI is InChI=1S/C13H20BrNO4/c1-11-9-12(14)10-15-13(11)19-8-7-18-6-5-17-4-3-16-2/h9-10H,3-8H2,1-2H3. The van der Waals surface area contributed by atoms with E-state index in [9.17, 15) is 0 Å². The second-order valence-electron chi connectivity index (χ2n) is 3.84.